The summed E-state index contributed by atoms with van der Waals surface area (Å²) in [6.45, 7) is 6.39. The third kappa shape index (κ3) is 4.57. The maximum Gasteiger partial charge on any atom is 0.253 e. The monoisotopic (exact) mass is 331 g/mol. The Morgan fingerprint density at radius 3 is 2.29 bits per heavy atom. The first-order valence-electron chi connectivity index (χ1n) is 8.46. The van der Waals surface area contributed by atoms with E-state index >= 15 is 0 Å². The van der Waals surface area contributed by atoms with Crippen LogP contribution in [-0.4, -0.2) is 60.2 Å². The molecule has 0 bridgehead atoms. The SMILES string of the molecule is CCCCNC(=O)c1cccc(C(=O)N2CCN(C(C)=O)CC2)c1. The largest absolute Gasteiger partial charge is 0.352 e. The first kappa shape index (κ1) is 18.0. The maximum atomic E-state index is 12.6. The van der Waals surface area contributed by atoms with Gasteiger partial charge in [-0.25, -0.2) is 0 Å². The molecule has 0 aromatic heterocycles. The van der Waals surface area contributed by atoms with Crippen LogP contribution in [0.4, 0.5) is 0 Å². The van der Waals surface area contributed by atoms with E-state index in [0.717, 1.165) is 12.8 Å². The second-order valence-corrected chi connectivity index (χ2v) is 5.99. The van der Waals surface area contributed by atoms with Crippen LogP contribution in [0.15, 0.2) is 24.3 Å². The molecule has 0 spiro atoms. The lowest BCUT2D eigenvalue weighted by Crippen LogP contribution is -2.50. The van der Waals surface area contributed by atoms with Gasteiger partial charge in [0.15, 0.2) is 0 Å². The number of amides is 3. The number of hydrogen-bond donors (Lipinski definition) is 1. The van der Waals surface area contributed by atoms with E-state index in [-0.39, 0.29) is 17.7 Å². The zero-order valence-electron chi connectivity index (χ0n) is 14.4. The van der Waals surface area contributed by atoms with Crippen molar-refractivity contribution in [2.24, 2.45) is 0 Å². The zero-order valence-corrected chi connectivity index (χ0v) is 14.4. The molecular weight excluding hydrogens is 306 g/mol. The van der Waals surface area contributed by atoms with Crippen molar-refractivity contribution in [3.05, 3.63) is 35.4 Å². The van der Waals surface area contributed by atoms with Crippen molar-refractivity contribution in [3.8, 4) is 0 Å². The molecule has 1 N–H and O–H groups in total. The molecule has 6 nitrogen and oxygen atoms in total. The van der Waals surface area contributed by atoms with Gasteiger partial charge in [0.1, 0.15) is 0 Å². The Hall–Kier alpha value is -2.37. The molecule has 3 amide bonds. The Kier molecular flexibility index (Phi) is 6.35. The molecule has 1 fully saturated rings. The molecule has 0 radical (unpaired) electrons. The van der Waals surface area contributed by atoms with Crippen LogP contribution >= 0.6 is 0 Å². The second-order valence-electron chi connectivity index (χ2n) is 5.99. The number of carbonyl (C=O) groups excluding carboxylic acids is 3. The fraction of sp³-hybridized carbons (Fsp3) is 0.500. The third-order valence-corrected chi connectivity index (χ3v) is 4.20. The molecule has 1 aliphatic rings. The molecule has 1 aromatic rings. The number of rotatable bonds is 5. The Morgan fingerprint density at radius 1 is 1.04 bits per heavy atom. The molecule has 6 heteroatoms. The Labute approximate surface area is 142 Å². The van der Waals surface area contributed by atoms with Crippen LogP contribution in [0, 0.1) is 0 Å². The number of piperazine rings is 1. The number of nitrogens with one attached hydrogen (secondary N) is 1. The van der Waals surface area contributed by atoms with Crippen molar-refractivity contribution in [2.75, 3.05) is 32.7 Å². The summed E-state index contributed by atoms with van der Waals surface area (Å²) in [4.78, 5) is 39.5. The van der Waals surface area contributed by atoms with Gasteiger partial charge in [0.05, 0.1) is 0 Å². The van der Waals surface area contributed by atoms with Gasteiger partial charge in [0.25, 0.3) is 11.8 Å². The van der Waals surface area contributed by atoms with Gasteiger partial charge in [-0.3, -0.25) is 14.4 Å². The smallest absolute Gasteiger partial charge is 0.253 e. The summed E-state index contributed by atoms with van der Waals surface area (Å²) in [5, 5.41) is 2.86. The number of nitrogens with zero attached hydrogens (tertiary/aromatic N) is 2. The second kappa shape index (κ2) is 8.47. The summed E-state index contributed by atoms with van der Waals surface area (Å²) in [5.74, 6) is -0.214. The molecule has 0 saturated carbocycles. The van der Waals surface area contributed by atoms with Crippen molar-refractivity contribution in [1.29, 1.82) is 0 Å². The minimum Gasteiger partial charge on any atom is -0.352 e. The summed E-state index contributed by atoms with van der Waals surface area (Å²) in [6, 6.07) is 6.81. The molecule has 0 atom stereocenters. The molecule has 2 rings (SSSR count). The lowest BCUT2D eigenvalue weighted by Gasteiger charge is -2.34. The molecule has 0 aliphatic carbocycles. The highest BCUT2D eigenvalue weighted by Crippen LogP contribution is 2.11. The average molecular weight is 331 g/mol. The van der Waals surface area contributed by atoms with E-state index in [9.17, 15) is 14.4 Å². The summed E-state index contributed by atoms with van der Waals surface area (Å²) in [6.07, 6.45) is 1.95. The van der Waals surface area contributed by atoms with Crippen LogP contribution < -0.4 is 5.32 Å². The van der Waals surface area contributed by atoms with Crippen LogP contribution in [0.3, 0.4) is 0 Å². The van der Waals surface area contributed by atoms with Crippen LogP contribution in [0.5, 0.6) is 0 Å². The molecule has 1 aromatic carbocycles. The van der Waals surface area contributed by atoms with Crippen LogP contribution in [0.25, 0.3) is 0 Å². The van der Waals surface area contributed by atoms with E-state index in [4.69, 9.17) is 0 Å². The Morgan fingerprint density at radius 2 is 1.67 bits per heavy atom. The number of hydrogen-bond acceptors (Lipinski definition) is 3. The highest BCUT2D eigenvalue weighted by Gasteiger charge is 2.23. The van der Waals surface area contributed by atoms with Gasteiger partial charge in [-0.15, -0.1) is 0 Å². The van der Waals surface area contributed by atoms with E-state index in [2.05, 4.69) is 12.2 Å². The fourth-order valence-corrected chi connectivity index (χ4v) is 2.68. The molecule has 1 heterocycles. The lowest BCUT2D eigenvalue weighted by atomic mass is 10.1. The van der Waals surface area contributed by atoms with Crippen molar-refractivity contribution in [3.63, 3.8) is 0 Å². The summed E-state index contributed by atoms with van der Waals surface area (Å²) >= 11 is 0. The van der Waals surface area contributed by atoms with Crippen molar-refractivity contribution in [2.45, 2.75) is 26.7 Å². The zero-order chi connectivity index (χ0) is 17.5. The quantitative estimate of drug-likeness (QED) is 0.832. The maximum absolute atomic E-state index is 12.6. The number of benzene rings is 1. The average Bonchev–Trinajstić information content (AvgIpc) is 2.61. The van der Waals surface area contributed by atoms with Crippen molar-refractivity contribution < 1.29 is 14.4 Å². The lowest BCUT2D eigenvalue weighted by molar-refractivity contribution is -0.130. The molecule has 0 unspecified atom stereocenters. The minimum absolute atomic E-state index is 0.0350. The van der Waals surface area contributed by atoms with Gasteiger partial charge in [-0.05, 0) is 24.6 Å². The molecule has 24 heavy (non-hydrogen) atoms. The topological polar surface area (TPSA) is 69.7 Å². The van der Waals surface area contributed by atoms with Crippen molar-refractivity contribution in [1.82, 2.24) is 15.1 Å². The molecule has 130 valence electrons. The van der Waals surface area contributed by atoms with Gasteiger partial charge >= 0.3 is 0 Å². The third-order valence-electron chi connectivity index (χ3n) is 4.20. The summed E-state index contributed by atoms with van der Waals surface area (Å²) in [7, 11) is 0. The first-order valence-corrected chi connectivity index (χ1v) is 8.46. The molecule has 1 aliphatic heterocycles. The predicted molar refractivity (Wildman–Crippen MR) is 91.8 cm³/mol. The number of unbranched alkanes of at least 4 members (excludes halogenated alkanes) is 1. The van der Waals surface area contributed by atoms with E-state index in [1.165, 1.54) is 6.92 Å². The number of carbonyl (C=O) groups is 3. The predicted octanol–water partition coefficient (Wildman–Crippen LogP) is 1.52. The fourth-order valence-electron chi connectivity index (χ4n) is 2.68. The minimum atomic E-state index is -0.153. The molecular formula is C18H25N3O3. The highest BCUT2D eigenvalue weighted by atomic mass is 16.2. The van der Waals surface area contributed by atoms with E-state index in [0.29, 0.717) is 43.9 Å². The highest BCUT2D eigenvalue weighted by molar-refractivity contribution is 5.99. The normalized spacial score (nSPS) is 14.4. The first-order chi connectivity index (χ1) is 11.5. The van der Waals surface area contributed by atoms with E-state index < -0.39 is 0 Å². The van der Waals surface area contributed by atoms with Crippen LogP contribution in [-0.2, 0) is 4.79 Å². The van der Waals surface area contributed by atoms with Crippen molar-refractivity contribution >= 4 is 17.7 Å². The Balaban J connectivity index is 1.99. The summed E-state index contributed by atoms with van der Waals surface area (Å²) in [5.41, 5.74) is 1.01. The van der Waals surface area contributed by atoms with Gasteiger partial charge < -0.3 is 15.1 Å². The van der Waals surface area contributed by atoms with Crippen LogP contribution in [0.1, 0.15) is 47.4 Å². The van der Waals surface area contributed by atoms with Gasteiger partial charge in [-0.1, -0.05) is 19.4 Å². The van der Waals surface area contributed by atoms with E-state index in [1.807, 2.05) is 0 Å². The molecule has 1 saturated heterocycles. The summed E-state index contributed by atoms with van der Waals surface area (Å²) < 4.78 is 0. The van der Waals surface area contributed by atoms with Gasteiger partial charge in [0.2, 0.25) is 5.91 Å². The Bertz CT molecular complexity index is 607. The van der Waals surface area contributed by atoms with E-state index in [1.54, 1.807) is 34.1 Å². The van der Waals surface area contributed by atoms with Crippen LogP contribution in [0.2, 0.25) is 0 Å². The standard InChI is InChI=1S/C18H25N3O3/c1-3-4-8-19-17(23)15-6-5-7-16(13-15)18(24)21-11-9-20(10-12-21)14(2)22/h5-7,13H,3-4,8-12H2,1-2H3,(H,19,23). The van der Waals surface area contributed by atoms with Gasteiger partial charge in [-0.2, -0.15) is 0 Å². The van der Waals surface area contributed by atoms with Gasteiger partial charge in [0, 0.05) is 50.8 Å².